The smallest absolute Gasteiger partial charge is 0.425 e. The van der Waals surface area contributed by atoms with Crippen LogP contribution in [-0.4, -0.2) is 71.2 Å². The Hall–Kier alpha value is -3.04. The molecule has 2 saturated carbocycles. The fourth-order valence-electron chi connectivity index (χ4n) is 6.34. The van der Waals surface area contributed by atoms with Crippen LogP contribution in [0.25, 0.3) is 0 Å². The maximum absolute atomic E-state index is 13.8. The van der Waals surface area contributed by atoms with E-state index in [0.717, 1.165) is 12.8 Å². The van der Waals surface area contributed by atoms with Gasteiger partial charge < -0.3 is 25.6 Å². The molecule has 3 N–H and O–H groups in total. The largest absolute Gasteiger partial charge is 0.437 e. The average Bonchev–Trinajstić information content (AvgIpc) is 3.54. The molecule has 222 valence electrons. The summed E-state index contributed by atoms with van der Waals surface area (Å²) in [4.78, 5) is 53.5. The van der Waals surface area contributed by atoms with E-state index in [1.165, 1.54) is 4.90 Å². The molecule has 0 aromatic carbocycles. The Balaban J connectivity index is 1.48. The lowest BCUT2D eigenvalue weighted by Crippen LogP contribution is -2.60. The summed E-state index contributed by atoms with van der Waals surface area (Å²) < 4.78 is 43.2. The molecule has 2 saturated heterocycles. The maximum Gasteiger partial charge on any atom is 0.425 e. The van der Waals surface area contributed by atoms with Crippen molar-refractivity contribution in [2.24, 2.45) is 28.6 Å². The molecular formula is C27H38F3N5O5. The van der Waals surface area contributed by atoms with E-state index in [0.29, 0.717) is 13.3 Å². The third kappa shape index (κ3) is 5.72. The molecule has 13 heteroatoms. The lowest BCUT2D eigenvalue weighted by atomic mass is 9.85. The molecule has 2 heterocycles. The first-order valence-electron chi connectivity index (χ1n) is 13.7. The van der Waals surface area contributed by atoms with Crippen molar-refractivity contribution in [3.05, 3.63) is 0 Å². The van der Waals surface area contributed by atoms with Crippen molar-refractivity contribution in [1.82, 2.24) is 20.9 Å². The minimum Gasteiger partial charge on any atom is -0.437 e. The fourth-order valence-corrected chi connectivity index (χ4v) is 6.34. The Morgan fingerprint density at radius 1 is 1.20 bits per heavy atom. The number of alkyl carbamates (subject to hydrolysis) is 1. The molecule has 0 aromatic rings. The number of alkyl halides is 3. The molecule has 4 fully saturated rings. The first-order valence-corrected chi connectivity index (χ1v) is 13.7. The number of likely N-dealkylation sites (tertiary alicyclic amines) is 1. The molecule has 0 aromatic heterocycles. The number of carbonyl (C=O) groups excluding carboxylic acids is 4. The van der Waals surface area contributed by atoms with Gasteiger partial charge in [0.25, 0.3) is 0 Å². The number of piperidine rings is 1. The number of rotatable bonds is 7. The lowest BCUT2D eigenvalue weighted by Gasteiger charge is -2.37. The van der Waals surface area contributed by atoms with Crippen LogP contribution >= 0.6 is 0 Å². The molecule has 40 heavy (non-hydrogen) atoms. The number of hydrogen-bond acceptors (Lipinski definition) is 6. The molecule has 2 aliphatic heterocycles. The second-order valence-corrected chi connectivity index (χ2v) is 13.5. The Labute approximate surface area is 231 Å². The van der Waals surface area contributed by atoms with E-state index in [1.54, 1.807) is 20.8 Å². The lowest BCUT2D eigenvalue weighted by molar-refractivity contribution is -0.197. The zero-order chi connectivity index (χ0) is 30.0. The van der Waals surface area contributed by atoms with Crippen molar-refractivity contribution in [3.63, 3.8) is 0 Å². The van der Waals surface area contributed by atoms with Gasteiger partial charge in [0.15, 0.2) is 6.10 Å². The van der Waals surface area contributed by atoms with E-state index in [-0.39, 0.29) is 41.7 Å². The number of ether oxygens (including phenoxy) is 1. The van der Waals surface area contributed by atoms with Gasteiger partial charge >= 0.3 is 12.3 Å². The van der Waals surface area contributed by atoms with Gasteiger partial charge in [-0.25, -0.2) is 4.79 Å². The third-order valence-corrected chi connectivity index (χ3v) is 9.12. The van der Waals surface area contributed by atoms with Crippen LogP contribution in [0.4, 0.5) is 18.0 Å². The average molecular weight is 570 g/mol. The Kier molecular flexibility index (Phi) is 7.33. The van der Waals surface area contributed by atoms with Crippen LogP contribution in [0.15, 0.2) is 0 Å². The zero-order valence-corrected chi connectivity index (χ0v) is 23.6. The van der Waals surface area contributed by atoms with Crippen LogP contribution in [0.2, 0.25) is 0 Å². The van der Waals surface area contributed by atoms with Crippen molar-refractivity contribution in [1.29, 1.82) is 5.26 Å². The van der Waals surface area contributed by atoms with Gasteiger partial charge in [0, 0.05) is 18.0 Å². The van der Waals surface area contributed by atoms with Crippen molar-refractivity contribution < 1.29 is 37.1 Å². The molecule has 4 aliphatic rings. The van der Waals surface area contributed by atoms with Gasteiger partial charge in [0.2, 0.25) is 17.7 Å². The van der Waals surface area contributed by atoms with Crippen LogP contribution in [0.5, 0.6) is 0 Å². The van der Waals surface area contributed by atoms with E-state index in [9.17, 15) is 37.6 Å². The van der Waals surface area contributed by atoms with Gasteiger partial charge in [0.05, 0.1) is 6.07 Å². The van der Waals surface area contributed by atoms with E-state index in [1.807, 2.05) is 13.8 Å². The summed E-state index contributed by atoms with van der Waals surface area (Å²) in [6.07, 6.45) is -5.95. The van der Waals surface area contributed by atoms with Crippen LogP contribution in [0, 0.1) is 39.9 Å². The predicted octanol–water partition coefficient (Wildman–Crippen LogP) is 2.63. The second-order valence-electron chi connectivity index (χ2n) is 13.5. The molecule has 0 bridgehead atoms. The number of hydrogen-bond donors (Lipinski definition) is 3. The molecule has 0 unspecified atom stereocenters. The normalized spacial score (nSPS) is 29.9. The molecule has 7 atom stereocenters. The van der Waals surface area contributed by atoms with Gasteiger partial charge in [-0.1, -0.05) is 34.6 Å². The molecule has 0 radical (unpaired) electrons. The van der Waals surface area contributed by atoms with Crippen molar-refractivity contribution in [2.75, 3.05) is 6.54 Å². The van der Waals surface area contributed by atoms with Gasteiger partial charge in [-0.05, 0) is 55.3 Å². The van der Waals surface area contributed by atoms with Crippen LogP contribution < -0.4 is 16.0 Å². The predicted molar refractivity (Wildman–Crippen MR) is 135 cm³/mol. The Bertz CT molecular complexity index is 1120. The summed E-state index contributed by atoms with van der Waals surface area (Å²) in [5.41, 5.74) is -1.33. The summed E-state index contributed by atoms with van der Waals surface area (Å²) in [5.74, 6) is -1.86. The number of fused-ring (bicyclic) bond motifs is 1. The SMILES string of the molecule is C[C@H](OC(=O)N[C@H](C(=O)N1C[C@H]2[C@@H]([C@H]1C(=O)N[C@H](C#N)C[C@@H]1CC3(CC3)NC1=O)C2(C)C)C(C)(C)C)C(F)(F)F. The van der Waals surface area contributed by atoms with E-state index >= 15 is 0 Å². The molecular weight excluding hydrogens is 531 g/mol. The van der Waals surface area contributed by atoms with Crippen LogP contribution in [0.3, 0.4) is 0 Å². The Morgan fingerprint density at radius 2 is 1.82 bits per heavy atom. The highest BCUT2D eigenvalue weighted by atomic mass is 19.4. The van der Waals surface area contributed by atoms with Crippen molar-refractivity contribution >= 4 is 23.8 Å². The Morgan fingerprint density at radius 3 is 2.33 bits per heavy atom. The fraction of sp³-hybridized carbons (Fsp3) is 0.815. The van der Waals surface area contributed by atoms with Crippen molar-refractivity contribution in [3.8, 4) is 6.07 Å². The highest BCUT2D eigenvalue weighted by molar-refractivity contribution is 5.93. The second kappa shape index (κ2) is 9.80. The zero-order valence-electron chi connectivity index (χ0n) is 23.6. The van der Waals surface area contributed by atoms with E-state index in [4.69, 9.17) is 0 Å². The molecule has 4 amide bonds. The van der Waals surface area contributed by atoms with Gasteiger partial charge in [-0.2, -0.15) is 18.4 Å². The van der Waals surface area contributed by atoms with E-state index in [2.05, 4.69) is 26.8 Å². The summed E-state index contributed by atoms with van der Waals surface area (Å²) in [6, 6.07) is -1.09. The summed E-state index contributed by atoms with van der Waals surface area (Å²) in [6.45, 7) is 9.81. The molecule has 10 nitrogen and oxygen atoms in total. The van der Waals surface area contributed by atoms with Crippen LogP contribution in [-0.2, 0) is 19.1 Å². The summed E-state index contributed by atoms with van der Waals surface area (Å²) in [5, 5.41) is 17.8. The molecule has 1 spiro atoms. The first-order chi connectivity index (χ1) is 18.3. The number of amides is 4. The number of nitrogens with zero attached hydrogens (tertiary/aromatic N) is 2. The number of nitrogens with one attached hydrogen (secondary N) is 3. The summed E-state index contributed by atoms with van der Waals surface area (Å²) in [7, 11) is 0. The minimum atomic E-state index is -4.76. The topological polar surface area (TPSA) is 141 Å². The number of halogens is 3. The van der Waals surface area contributed by atoms with Crippen molar-refractivity contribution in [2.45, 2.75) is 103 Å². The standard InChI is InChI=1S/C27H38F3N5O5/c1-13(27(28,29)30)40-23(39)33-19(24(2,3)4)22(38)35-12-16-17(25(16,5)6)18(35)21(37)32-15(11-31)9-14-10-26(7-8-26)34-20(14)36/h13-19H,7-10,12H2,1-6H3,(H,32,37)(H,33,39)(H,34,36)/t13-,14+,15-,16-,17-,18-,19+/m0/s1. The maximum atomic E-state index is 13.8. The van der Waals surface area contributed by atoms with Gasteiger partial charge in [-0.3, -0.25) is 14.4 Å². The monoisotopic (exact) mass is 569 g/mol. The quantitative estimate of drug-likeness (QED) is 0.431. The minimum absolute atomic E-state index is 0.000826. The van der Waals surface area contributed by atoms with Crippen LogP contribution in [0.1, 0.15) is 67.2 Å². The highest BCUT2D eigenvalue weighted by Gasteiger charge is 2.70. The highest BCUT2D eigenvalue weighted by Crippen LogP contribution is 2.65. The van der Waals surface area contributed by atoms with Gasteiger partial charge in [0.1, 0.15) is 18.1 Å². The molecule has 2 aliphatic carbocycles. The number of carbonyl (C=O) groups is 4. The summed E-state index contributed by atoms with van der Waals surface area (Å²) >= 11 is 0. The molecule has 4 rings (SSSR count). The first kappa shape index (κ1) is 29.9. The van der Waals surface area contributed by atoms with Gasteiger partial charge in [-0.15, -0.1) is 0 Å². The number of nitriles is 1. The third-order valence-electron chi connectivity index (χ3n) is 9.12. The van der Waals surface area contributed by atoms with E-state index < -0.39 is 59.6 Å².